The third kappa shape index (κ3) is 7.21. The van der Waals surface area contributed by atoms with Crippen LogP contribution in [0.25, 0.3) is 0 Å². The molecule has 0 saturated carbocycles. The second-order valence-corrected chi connectivity index (χ2v) is 6.85. The van der Waals surface area contributed by atoms with Crippen LogP contribution in [-0.4, -0.2) is 30.5 Å². The lowest BCUT2D eigenvalue weighted by atomic mass is 10.2. The molecule has 0 saturated heterocycles. The van der Waals surface area contributed by atoms with Crippen molar-refractivity contribution in [2.24, 2.45) is 5.10 Å². The van der Waals surface area contributed by atoms with Crippen molar-refractivity contribution < 1.29 is 19.1 Å². The van der Waals surface area contributed by atoms with Crippen LogP contribution in [0.15, 0.2) is 90.0 Å². The van der Waals surface area contributed by atoms with Crippen LogP contribution in [0.3, 0.4) is 0 Å². The molecule has 7 heteroatoms. The summed E-state index contributed by atoms with van der Waals surface area (Å²) in [6, 6.07) is 24.4. The van der Waals surface area contributed by atoms with Gasteiger partial charge in [0.25, 0.3) is 5.91 Å². The van der Waals surface area contributed by atoms with Gasteiger partial charge in [0.2, 0.25) is 5.91 Å². The highest BCUT2D eigenvalue weighted by Gasteiger charge is 2.08. The number of hydrogen-bond donors (Lipinski definition) is 2. The van der Waals surface area contributed by atoms with Crippen LogP contribution in [0, 0.1) is 0 Å². The maximum Gasteiger partial charge on any atom is 0.343 e. The molecule has 0 unspecified atom stereocenters. The minimum atomic E-state index is -0.452. The number of carbonyl (C=O) groups is 3. The lowest BCUT2D eigenvalue weighted by molar-refractivity contribution is -0.121. The average molecular weight is 429 g/mol. The second-order valence-electron chi connectivity index (χ2n) is 6.85. The van der Waals surface area contributed by atoms with Crippen LogP contribution < -0.4 is 15.5 Å². The Bertz CT molecular complexity index is 1080. The predicted octanol–water partition coefficient (Wildman–Crippen LogP) is 3.57. The Hall–Kier alpha value is -4.26. The first-order chi connectivity index (χ1) is 15.6. The zero-order valence-electron chi connectivity index (χ0n) is 17.4. The van der Waals surface area contributed by atoms with E-state index in [0.717, 1.165) is 0 Å². The molecule has 3 rings (SSSR count). The van der Waals surface area contributed by atoms with Gasteiger partial charge in [-0.15, -0.1) is 0 Å². The van der Waals surface area contributed by atoms with E-state index >= 15 is 0 Å². The summed E-state index contributed by atoms with van der Waals surface area (Å²) in [7, 11) is 0. The number of rotatable bonds is 9. The molecule has 0 aromatic heterocycles. The Morgan fingerprint density at radius 3 is 2.25 bits per heavy atom. The van der Waals surface area contributed by atoms with Crippen molar-refractivity contribution in [2.45, 2.75) is 12.8 Å². The average Bonchev–Trinajstić information content (AvgIpc) is 2.83. The van der Waals surface area contributed by atoms with Gasteiger partial charge in [-0.05, 0) is 48.4 Å². The van der Waals surface area contributed by atoms with Gasteiger partial charge in [-0.1, -0.05) is 48.5 Å². The fraction of sp³-hybridized carbons (Fsp3) is 0.120. The van der Waals surface area contributed by atoms with E-state index in [1.54, 1.807) is 72.8 Å². The van der Waals surface area contributed by atoms with Crippen LogP contribution in [0.4, 0.5) is 0 Å². The highest BCUT2D eigenvalue weighted by Crippen LogP contribution is 2.14. The quantitative estimate of drug-likeness (QED) is 0.179. The molecule has 0 aliphatic rings. The Balaban J connectivity index is 1.39. The Kier molecular flexibility index (Phi) is 8.27. The molecule has 0 radical (unpaired) electrons. The van der Waals surface area contributed by atoms with Crippen LogP contribution in [0.5, 0.6) is 5.75 Å². The standard InChI is InChI=1S/C25H23N3O4/c29-23(15-8-16-26-24(30)20-10-3-1-4-11-20)28-27-18-19-9-7-14-22(17-19)32-25(31)21-12-5-2-6-13-21/h1-7,9-14,17-18H,8,15-16H2,(H,26,30)(H,28,29). The van der Waals surface area contributed by atoms with Crippen LogP contribution in [0.2, 0.25) is 0 Å². The lowest BCUT2D eigenvalue weighted by Crippen LogP contribution is -2.26. The van der Waals surface area contributed by atoms with Crippen LogP contribution >= 0.6 is 0 Å². The molecular formula is C25H23N3O4. The van der Waals surface area contributed by atoms with E-state index in [0.29, 0.717) is 35.4 Å². The predicted molar refractivity (Wildman–Crippen MR) is 122 cm³/mol. The minimum absolute atomic E-state index is 0.170. The molecule has 3 aromatic carbocycles. The van der Waals surface area contributed by atoms with Gasteiger partial charge < -0.3 is 10.1 Å². The summed E-state index contributed by atoms with van der Waals surface area (Å²) >= 11 is 0. The van der Waals surface area contributed by atoms with Gasteiger partial charge in [0.1, 0.15) is 5.75 Å². The van der Waals surface area contributed by atoms with E-state index in [2.05, 4.69) is 15.8 Å². The number of esters is 1. The molecule has 0 aliphatic heterocycles. The van der Waals surface area contributed by atoms with Gasteiger partial charge in [-0.25, -0.2) is 10.2 Å². The summed E-state index contributed by atoms with van der Waals surface area (Å²) in [6.45, 7) is 0.389. The number of benzene rings is 3. The first-order valence-electron chi connectivity index (χ1n) is 10.1. The fourth-order valence-corrected chi connectivity index (χ4v) is 2.78. The minimum Gasteiger partial charge on any atom is -0.423 e. The number of nitrogens with one attached hydrogen (secondary N) is 2. The summed E-state index contributed by atoms with van der Waals surface area (Å²) in [6.07, 6.45) is 2.18. The lowest BCUT2D eigenvalue weighted by Gasteiger charge is -2.05. The maximum atomic E-state index is 12.1. The van der Waals surface area contributed by atoms with E-state index in [4.69, 9.17) is 4.74 Å². The molecule has 0 atom stereocenters. The van der Waals surface area contributed by atoms with E-state index in [1.165, 1.54) is 6.21 Å². The van der Waals surface area contributed by atoms with Crippen molar-refractivity contribution in [3.63, 3.8) is 0 Å². The second kappa shape index (κ2) is 11.8. The molecule has 162 valence electrons. The molecular weight excluding hydrogens is 406 g/mol. The fourth-order valence-electron chi connectivity index (χ4n) is 2.78. The van der Waals surface area contributed by atoms with Crippen molar-refractivity contribution in [1.82, 2.24) is 10.7 Å². The van der Waals surface area contributed by atoms with Gasteiger partial charge in [-0.3, -0.25) is 9.59 Å². The summed E-state index contributed by atoms with van der Waals surface area (Å²) in [4.78, 5) is 36.0. The van der Waals surface area contributed by atoms with E-state index < -0.39 is 5.97 Å². The number of carbonyl (C=O) groups excluding carboxylic acids is 3. The topological polar surface area (TPSA) is 96.9 Å². The first-order valence-corrected chi connectivity index (χ1v) is 10.1. The smallest absolute Gasteiger partial charge is 0.343 e. The van der Waals surface area contributed by atoms with Gasteiger partial charge in [0.05, 0.1) is 11.8 Å². The number of hydrogen-bond acceptors (Lipinski definition) is 5. The molecule has 3 aromatic rings. The molecule has 2 N–H and O–H groups in total. The molecule has 0 heterocycles. The van der Waals surface area contributed by atoms with Crippen LogP contribution in [-0.2, 0) is 4.79 Å². The molecule has 32 heavy (non-hydrogen) atoms. The zero-order chi connectivity index (χ0) is 22.6. The van der Waals surface area contributed by atoms with Crippen molar-refractivity contribution in [3.05, 3.63) is 102 Å². The van der Waals surface area contributed by atoms with Gasteiger partial charge in [-0.2, -0.15) is 5.10 Å². The number of hydrazone groups is 1. The van der Waals surface area contributed by atoms with Crippen molar-refractivity contribution in [2.75, 3.05) is 6.54 Å². The third-order valence-corrected chi connectivity index (χ3v) is 4.38. The Morgan fingerprint density at radius 2 is 1.53 bits per heavy atom. The SMILES string of the molecule is O=C(CCCNC(=O)c1ccccc1)NN=Cc1cccc(OC(=O)c2ccccc2)c1. The number of nitrogens with zero attached hydrogens (tertiary/aromatic N) is 1. The highest BCUT2D eigenvalue weighted by molar-refractivity contribution is 5.94. The monoisotopic (exact) mass is 429 g/mol. The van der Waals surface area contributed by atoms with E-state index in [9.17, 15) is 14.4 Å². The molecule has 0 aliphatic carbocycles. The first kappa shape index (κ1) is 22.4. The normalized spacial score (nSPS) is 10.5. The van der Waals surface area contributed by atoms with Crippen molar-refractivity contribution in [1.29, 1.82) is 0 Å². The Labute approximate surface area is 186 Å². The van der Waals surface area contributed by atoms with Crippen molar-refractivity contribution >= 4 is 24.0 Å². The summed E-state index contributed by atoms with van der Waals surface area (Å²) in [5.41, 5.74) is 4.15. The molecule has 0 bridgehead atoms. The number of amides is 2. The van der Waals surface area contributed by atoms with Gasteiger partial charge >= 0.3 is 5.97 Å². The number of ether oxygens (including phenoxy) is 1. The van der Waals surface area contributed by atoms with E-state index in [1.807, 2.05) is 12.1 Å². The van der Waals surface area contributed by atoms with Crippen LogP contribution in [0.1, 0.15) is 39.1 Å². The van der Waals surface area contributed by atoms with E-state index in [-0.39, 0.29) is 18.2 Å². The van der Waals surface area contributed by atoms with Gasteiger partial charge in [0.15, 0.2) is 0 Å². The molecule has 2 amide bonds. The van der Waals surface area contributed by atoms with Gasteiger partial charge in [0, 0.05) is 18.5 Å². The summed E-state index contributed by atoms with van der Waals surface area (Å²) < 4.78 is 5.36. The molecule has 0 spiro atoms. The van der Waals surface area contributed by atoms with Crippen molar-refractivity contribution in [3.8, 4) is 5.75 Å². The highest BCUT2D eigenvalue weighted by atomic mass is 16.5. The Morgan fingerprint density at radius 1 is 0.844 bits per heavy atom. The molecule has 0 fully saturated rings. The third-order valence-electron chi connectivity index (χ3n) is 4.38. The maximum absolute atomic E-state index is 12.1. The summed E-state index contributed by atoms with van der Waals surface area (Å²) in [5, 5.41) is 6.70. The molecule has 7 nitrogen and oxygen atoms in total. The largest absolute Gasteiger partial charge is 0.423 e. The summed E-state index contributed by atoms with van der Waals surface area (Å²) in [5.74, 6) is -0.505. The zero-order valence-corrected chi connectivity index (χ0v) is 17.4.